The van der Waals surface area contributed by atoms with E-state index in [0.29, 0.717) is 18.9 Å². The predicted octanol–water partition coefficient (Wildman–Crippen LogP) is 0.213. The summed E-state index contributed by atoms with van der Waals surface area (Å²) in [7, 11) is -3.66. The van der Waals surface area contributed by atoms with Crippen molar-refractivity contribution in [2.75, 3.05) is 12.0 Å². The Labute approximate surface area is 117 Å². The van der Waals surface area contributed by atoms with E-state index in [0.717, 1.165) is 12.8 Å². The maximum absolute atomic E-state index is 12.5. The molecule has 0 amide bonds. The van der Waals surface area contributed by atoms with E-state index < -0.39 is 10.0 Å². The van der Waals surface area contributed by atoms with Crippen molar-refractivity contribution >= 4 is 15.8 Å². The molecule has 0 aromatic carbocycles. The maximum atomic E-state index is 12.5. The zero-order chi connectivity index (χ0) is 14.2. The highest BCUT2D eigenvalue weighted by molar-refractivity contribution is 7.89. The van der Waals surface area contributed by atoms with E-state index in [1.807, 2.05) is 0 Å². The lowest BCUT2D eigenvalue weighted by molar-refractivity contribution is 0.0848. The van der Waals surface area contributed by atoms with Gasteiger partial charge in [-0.05, 0) is 37.3 Å². The van der Waals surface area contributed by atoms with Gasteiger partial charge < -0.3 is 10.2 Å². The van der Waals surface area contributed by atoms with Crippen molar-refractivity contribution in [3.8, 4) is 0 Å². The summed E-state index contributed by atoms with van der Waals surface area (Å²) in [6.07, 6.45) is 4.42. The van der Waals surface area contributed by atoms with Crippen LogP contribution in [0.2, 0.25) is 0 Å². The number of nitrogen functional groups attached to an aromatic ring is 1. The van der Waals surface area contributed by atoms with Crippen molar-refractivity contribution in [2.45, 2.75) is 36.3 Å². The Morgan fingerprint density at radius 2 is 2.15 bits per heavy atom. The molecule has 1 saturated heterocycles. The lowest BCUT2D eigenvalue weighted by Gasteiger charge is -2.20. The third-order valence-electron chi connectivity index (χ3n) is 3.73. The molecule has 1 aromatic rings. The van der Waals surface area contributed by atoms with E-state index in [1.165, 1.54) is 12.3 Å². The number of nitrogens with zero attached hydrogens (tertiary/aromatic N) is 1. The van der Waals surface area contributed by atoms with Crippen LogP contribution in [0.5, 0.6) is 0 Å². The highest BCUT2D eigenvalue weighted by atomic mass is 32.2. The molecule has 4 N–H and O–H groups in total. The zero-order valence-electron chi connectivity index (χ0n) is 11.0. The highest BCUT2D eigenvalue weighted by Gasteiger charge is 2.42. The number of hydrogen-bond donors (Lipinski definition) is 3. The molecule has 2 fully saturated rings. The van der Waals surface area contributed by atoms with E-state index in [1.54, 1.807) is 6.07 Å². The topological polar surface area (TPSA) is 106 Å². The minimum absolute atomic E-state index is 0.00395. The van der Waals surface area contributed by atoms with E-state index >= 15 is 0 Å². The third-order valence-corrected chi connectivity index (χ3v) is 5.25. The van der Waals surface area contributed by atoms with E-state index in [-0.39, 0.29) is 22.9 Å². The van der Waals surface area contributed by atoms with Crippen LogP contribution >= 0.6 is 0 Å². The fourth-order valence-corrected chi connectivity index (χ4v) is 4.01. The first-order chi connectivity index (χ1) is 9.62. The van der Waals surface area contributed by atoms with Crippen molar-refractivity contribution in [1.29, 1.82) is 0 Å². The first-order valence-electron chi connectivity index (χ1n) is 6.67. The minimum Gasteiger partial charge on any atom is -0.376 e. The van der Waals surface area contributed by atoms with Crippen molar-refractivity contribution in [1.82, 2.24) is 9.71 Å². The van der Waals surface area contributed by atoms with Crippen LogP contribution in [0, 0.1) is 5.92 Å². The van der Waals surface area contributed by atoms with Gasteiger partial charge in [-0.3, -0.25) is 0 Å². The van der Waals surface area contributed by atoms with Crippen molar-refractivity contribution < 1.29 is 13.2 Å². The lowest BCUT2D eigenvalue weighted by Crippen LogP contribution is -2.41. The number of aromatic nitrogens is 1. The van der Waals surface area contributed by atoms with Gasteiger partial charge in [-0.25, -0.2) is 24.0 Å². The number of rotatable bonds is 5. The maximum Gasteiger partial charge on any atom is 0.244 e. The number of hydrazine groups is 1. The second-order valence-corrected chi connectivity index (χ2v) is 6.87. The van der Waals surface area contributed by atoms with Gasteiger partial charge in [0.1, 0.15) is 4.90 Å². The van der Waals surface area contributed by atoms with Gasteiger partial charge in [0.05, 0.1) is 12.1 Å². The minimum atomic E-state index is -3.66. The largest absolute Gasteiger partial charge is 0.376 e. The van der Waals surface area contributed by atoms with Gasteiger partial charge in [0.15, 0.2) is 5.82 Å². The number of sulfonamides is 1. The fourth-order valence-electron chi connectivity index (χ4n) is 2.61. The molecule has 0 radical (unpaired) electrons. The van der Waals surface area contributed by atoms with Gasteiger partial charge in [-0.15, -0.1) is 0 Å². The summed E-state index contributed by atoms with van der Waals surface area (Å²) in [6.45, 7) is 0.601. The normalized spacial score (nSPS) is 26.6. The second kappa shape index (κ2) is 5.28. The molecule has 1 aromatic heterocycles. The average Bonchev–Trinajstić information content (AvgIpc) is 3.19. The molecular formula is C12H18N4O3S. The molecule has 1 aliphatic heterocycles. The first-order valence-corrected chi connectivity index (χ1v) is 8.16. The molecule has 0 bridgehead atoms. The van der Waals surface area contributed by atoms with Crippen LogP contribution in [-0.2, 0) is 14.8 Å². The van der Waals surface area contributed by atoms with Crippen molar-refractivity contribution in [2.24, 2.45) is 11.8 Å². The Bertz CT molecular complexity index is 588. The third kappa shape index (κ3) is 2.64. The molecule has 8 heteroatoms. The van der Waals surface area contributed by atoms with Crippen LogP contribution < -0.4 is 16.0 Å². The number of nitrogens with one attached hydrogen (secondary N) is 2. The molecular weight excluding hydrogens is 280 g/mol. The Morgan fingerprint density at radius 1 is 1.35 bits per heavy atom. The molecule has 7 nitrogen and oxygen atoms in total. The van der Waals surface area contributed by atoms with E-state index in [9.17, 15) is 8.42 Å². The van der Waals surface area contributed by atoms with Crippen LogP contribution in [-0.4, -0.2) is 32.2 Å². The Balaban J connectivity index is 1.81. The van der Waals surface area contributed by atoms with Gasteiger partial charge in [0.2, 0.25) is 10.0 Å². The van der Waals surface area contributed by atoms with Crippen LogP contribution in [0.25, 0.3) is 0 Å². The molecule has 2 unspecified atom stereocenters. The number of anilines is 1. The Kier molecular flexibility index (Phi) is 3.63. The van der Waals surface area contributed by atoms with Crippen LogP contribution in [0.1, 0.15) is 19.3 Å². The zero-order valence-corrected chi connectivity index (χ0v) is 11.8. The number of pyridine rings is 1. The van der Waals surface area contributed by atoms with E-state index in [4.69, 9.17) is 10.6 Å². The monoisotopic (exact) mass is 298 g/mol. The van der Waals surface area contributed by atoms with Crippen LogP contribution in [0.4, 0.5) is 5.82 Å². The second-order valence-electron chi connectivity index (χ2n) is 5.18. The SMILES string of the molecule is NNc1ncccc1S(=O)(=O)NC1CCOC1C1CC1. The number of hydrogen-bond acceptors (Lipinski definition) is 6. The van der Waals surface area contributed by atoms with Crippen LogP contribution in [0.3, 0.4) is 0 Å². The summed E-state index contributed by atoms with van der Waals surface area (Å²) in [5, 5.41) is 0. The molecule has 20 heavy (non-hydrogen) atoms. The Hall–Kier alpha value is -1.22. The predicted molar refractivity (Wildman–Crippen MR) is 73.2 cm³/mol. The molecule has 3 rings (SSSR count). The highest BCUT2D eigenvalue weighted by Crippen LogP contribution is 2.39. The first kappa shape index (κ1) is 13.7. The number of ether oxygens (including phenoxy) is 1. The van der Waals surface area contributed by atoms with Gasteiger partial charge in [0.25, 0.3) is 0 Å². The summed E-state index contributed by atoms with van der Waals surface area (Å²) >= 11 is 0. The molecule has 0 spiro atoms. The molecule has 110 valence electrons. The Morgan fingerprint density at radius 3 is 2.85 bits per heavy atom. The standard InChI is InChI=1S/C12H18N4O3S/c13-15-12-10(2-1-6-14-12)20(17,18)16-9-5-7-19-11(9)8-3-4-8/h1-2,6,8-9,11,16H,3-5,7,13H2,(H,14,15). The van der Waals surface area contributed by atoms with Crippen molar-refractivity contribution in [3.63, 3.8) is 0 Å². The smallest absolute Gasteiger partial charge is 0.244 e. The van der Waals surface area contributed by atoms with Gasteiger partial charge in [-0.1, -0.05) is 0 Å². The van der Waals surface area contributed by atoms with Gasteiger partial charge in [0, 0.05) is 12.8 Å². The summed E-state index contributed by atoms with van der Waals surface area (Å²) in [4.78, 5) is 3.98. The quantitative estimate of drug-likeness (QED) is 0.530. The van der Waals surface area contributed by atoms with Gasteiger partial charge >= 0.3 is 0 Å². The molecule has 2 atom stereocenters. The summed E-state index contributed by atoms with van der Waals surface area (Å²) in [5.74, 6) is 5.94. The lowest BCUT2D eigenvalue weighted by atomic mass is 10.1. The average molecular weight is 298 g/mol. The van der Waals surface area contributed by atoms with E-state index in [2.05, 4.69) is 15.1 Å². The molecule has 2 aliphatic rings. The van der Waals surface area contributed by atoms with Crippen molar-refractivity contribution in [3.05, 3.63) is 18.3 Å². The summed E-state index contributed by atoms with van der Waals surface area (Å²) < 4.78 is 33.3. The number of nitrogens with two attached hydrogens (primary N) is 1. The molecule has 1 aliphatic carbocycles. The molecule has 1 saturated carbocycles. The summed E-state index contributed by atoms with van der Waals surface area (Å²) in [5.41, 5.74) is 2.31. The molecule has 2 heterocycles. The fraction of sp³-hybridized carbons (Fsp3) is 0.583. The summed E-state index contributed by atoms with van der Waals surface area (Å²) in [6, 6.07) is 2.88. The van der Waals surface area contributed by atoms with Gasteiger partial charge in [-0.2, -0.15) is 0 Å². The van der Waals surface area contributed by atoms with Crippen LogP contribution in [0.15, 0.2) is 23.2 Å².